The summed E-state index contributed by atoms with van der Waals surface area (Å²) < 4.78 is 6.63. The molecule has 1 aliphatic rings. The van der Waals surface area contributed by atoms with Gasteiger partial charge < -0.3 is 15.8 Å². The lowest BCUT2D eigenvalue weighted by Crippen LogP contribution is -2.31. The second-order valence-electron chi connectivity index (χ2n) is 4.48. The molecule has 17 heavy (non-hydrogen) atoms. The molecule has 1 aromatic rings. The molecule has 1 aliphatic heterocycles. The van der Waals surface area contributed by atoms with Crippen molar-refractivity contribution < 1.29 is 4.74 Å². The average Bonchev–Trinajstić information content (AvgIpc) is 2.35. The average molecular weight is 299 g/mol. The third-order valence-electron chi connectivity index (χ3n) is 3.04. The molecule has 2 rings (SSSR count). The van der Waals surface area contributed by atoms with Crippen LogP contribution in [0.25, 0.3) is 0 Å². The summed E-state index contributed by atoms with van der Waals surface area (Å²) in [6.45, 7) is 2.71. The smallest absolute Gasteiger partial charge is 0.0699 e. The van der Waals surface area contributed by atoms with Crippen LogP contribution in [0.3, 0.4) is 0 Å². The lowest BCUT2D eigenvalue weighted by Gasteiger charge is -2.22. The van der Waals surface area contributed by atoms with Crippen molar-refractivity contribution in [3.63, 3.8) is 0 Å². The Kier molecular flexibility index (Phi) is 4.83. The van der Waals surface area contributed by atoms with Gasteiger partial charge in [-0.25, -0.2) is 0 Å². The van der Waals surface area contributed by atoms with Gasteiger partial charge in [0.2, 0.25) is 0 Å². The second-order valence-corrected chi connectivity index (χ2v) is 5.33. The number of hydrogen-bond acceptors (Lipinski definition) is 3. The summed E-state index contributed by atoms with van der Waals surface area (Å²) in [5.41, 5.74) is 7.77. The Morgan fingerprint density at radius 1 is 1.41 bits per heavy atom. The molecule has 1 fully saturated rings. The van der Waals surface area contributed by atoms with Gasteiger partial charge in [-0.3, -0.25) is 0 Å². The summed E-state index contributed by atoms with van der Waals surface area (Å²) in [6, 6.07) is 6.04. The molecular formula is C13H19BrN2O. The first-order chi connectivity index (χ1) is 8.25. The Morgan fingerprint density at radius 2 is 2.29 bits per heavy atom. The van der Waals surface area contributed by atoms with Gasteiger partial charge in [-0.2, -0.15) is 0 Å². The second kappa shape index (κ2) is 6.38. The standard InChI is InChI=1S/C13H19BrN2O/c14-12-7-10(4-5-13(12)15)8-16-9-11-3-1-2-6-17-11/h4-5,7,11,16H,1-3,6,8-9,15H2. The minimum absolute atomic E-state index is 0.390. The Morgan fingerprint density at radius 3 is 3.00 bits per heavy atom. The first kappa shape index (κ1) is 12.9. The Labute approximate surface area is 111 Å². The van der Waals surface area contributed by atoms with E-state index in [1.807, 2.05) is 6.07 Å². The third kappa shape index (κ3) is 3.98. The van der Waals surface area contributed by atoms with Crippen LogP contribution in [0.15, 0.2) is 22.7 Å². The number of nitrogens with one attached hydrogen (secondary N) is 1. The van der Waals surface area contributed by atoms with E-state index >= 15 is 0 Å². The predicted octanol–water partition coefficient (Wildman–Crippen LogP) is 2.69. The van der Waals surface area contributed by atoms with Crippen molar-refractivity contribution in [2.75, 3.05) is 18.9 Å². The van der Waals surface area contributed by atoms with Crippen LogP contribution in [0.1, 0.15) is 24.8 Å². The van der Waals surface area contributed by atoms with Gasteiger partial charge in [-0.1, -0.05) is 6.07 Å². The first-order valence-electron chi connectivity index (χ1n) is 6.12. The van der Waals surface area contributed by atoms with E-state index in [1.165, 1.54) is 24.8 Å². The maximum absolute atomic E-state index is 5.75. The molecule has 94 valence electrons. The fraction of sp³-hybridized carbons (Fsp3) is 0.538. The summed E-state index contributed by atoms with van der Waals surface area (Å²) in [7, 11) is 0. The summed E-state index contributed by atoms with van der Waals surface area (Å²) >= 11 is 3.44. The van der Waals surface area contributed by atoms with E-state index in [9.17, 15) is 0 Å². The normalized spacial score (nSPS) is 20.4. The number of benzene rings is 1. The summed E-state index contributed by atoms with van der Waals surface area (Å²) in [5.74, 6) is 0. The molecule has 0 bridgehead atoms. The Balaban J connectivity index is 1.75. The van der Waals surface area contributed by atoms with Gasteiger partial charge in [0.1, 0.15) is 0 Å². The third-order valence-corrected chi connectivity index (χ3v) is 3.73. The number of nitrogens with two attached hydrogens (primary N) is 1. The van der Waals surface area contributed by atoms with Gasteiger partial charge in [0.25, 0.3) is 0 Å². The molecule has 3 nitrogen and oxygen atoms in total. The van der Waals surface area contributed by atoms with Crippen molar-refractivity contribution in [3.8, 4) is 0 Å². The zero-order valence-corrected chi connectivity index (χ0v) is 11.5. The van der Waals surface area contributed by atoms with E-state index in [-0.39, 0.29) is 0 Å². The Bertz CT molecular complexity index is 364. The number of rotatable bonds is 4. The van der Waals surface area contributed by atoms with E-state index in [0.717, 1.165) is 29.9 Å². The number of anilines is 1. The lowest BCUT2D eigenvalue weighted by atomic mass is 10.1. The molecule has 3 N–H and O–H groups in total. The summed E-state index contributed by atoms with van der Waals surface area (Å²) in [4.78, 5) is 0. The predicted molar refractivity (Wildman–Crippen MR) is 73.9 cm³/mol. The van der Waals surface area contributed by atoms with Crippen LogP contribution in [0, 0.1) is 0 Å². The van der Waals surface area contributed by atoms with E-state index in [1.54, 1.807) is 0 Å². The van der Waals surface area contributed by atoms with E-state index in [2.05, 4.69) is 33.4 Å². The van der Waals surface area contributed by atoms with E-state index < -0.39 is 0 Å². The molecule has 1 saturated heterocycles. The number of ether oxygens (including phenoxy) is 1. The highest BCUT2D eigenvalue weighted by Crippen LogP contribution is 2.20. The molecule has 4 heteroatoms. The summed E-state index contributed by atoms with van der Waals surface area (Å²) in [6.07, 6.45) is 4.07. The molecular weight excluding hydrogens is 280 g/mol. The molecule has 1 atom stereocenters. The van der Waals surface area contributed by atoms with Gasteiger partial charge >= 0.3 is 0 Å². The molecule has 0 aromatic heterocycles. The van der Waals surface area contributed by atoms with Crippen LogP contribution in [0.5, 0.6) is 0 Å². The van der Waals surface area contributed by atoms with Crippen LogP contribution in [0.4, 0.5) is 5.69 Å². The maximum Gasteiger partial charge on any atom is 0.0699 e. The fourth-order valence-corrected chi connectivity index (χ4v) is 2.45. The van der Waals surface area contributed by atoms with Crippen LogP contribution in [-0.2, 0) is 11.3 Å². The fourth-order valence-electron chi connectivity index (χ4n) is 2.03. The van der Waals surface area contributed by atoms with Crippen molar-refractivity contribution in [1.82, 2.24) is 5.32 Å². The summed E-state index contributed by atoms with van der Waals surface area (Å²) in [5, 5.41) is 3.43. The Hall–Kier alpha value is -0.580. The molecule has 1 aromatic carbocycles. The van der Waals surface area contributed by atoms with Crippen LogP contribution in [-0.4, -0.2) is 19.3 Å². The van der Waals surface area contributed by atoms with Gasteiger partial charge in [0.05, 0.1) is 6.10 Å². The zero-order valence-electron chi connectivity index (χ0n) is 9.92. The van der Waals surface area contributed by atoms with Gasteiger partial charge in [-0.05, 0) is 52.9 Å². The van der Waals surface area contributed by atoms with Crippen molar-refractivity contribution in [2.45, 2.75) is 31.9 Å². The van der Waals surface area contributed by atoms with Crippen LogP contribution in [0.2, 0.25) is 0 Å². The largest absolute Gasteiger partial charge is 0.398 e. The van der Waals surface area contributed by atoms with E-state index in [0.29, 0.717) is 6.10 Å². The molecule has 1 unspecified atom stereocenters. The highest BCUT2D eigenvalue weighted by atomic mass is 79.9. The van der Waals surface area contributed by atoms with Gasteiger partial charge in [0, 0.05) is 29.9 Å². The quantitative estimate of drug-likeness (QED) is 0.840. The molecule has 0 spiro atoms. The first-order valence-corrected chi connectivity index (χ1v) is 6.91. The van der Waals surface area contributed by atoms with Crippen molar-refractivity contribution in [2.24, 2.45) is 0 Å². The monoisotopic (exact) mass is 298 g/mol. The number of halogens is 1. The molecule has 0 radical (unpaired) electrons. The molecule has 1 heterocycles. The zero-order chi connectivity index (χ0) is 12.1. The van der Waals surface area contributed by atoms with Gasteiger partial charge in [0.15, 0.2) is 0 Å². The lowest BCUT2D eigenvalue weighted by molar-refractivity contribution is 0.0168. The van der Waals surface area contributed by atoms with Gasteiger partial charge in [-0.15, -0.1) is 0 Å². The van der Waals surface area contributed by atoms with Crippen molar-refractivity contribution in [3.05, 3.63) is 28.2 Å². The molecule has 0 saturated carbocycles. The number of nitrogen functional groups attached to an aromatic ring is 1. The van der Waals surface area contributed by atoms with Crippen LogP contribution < -0.4 is 11.1 Å². The van der Waals surface area contributed by atoms with E-state index in [4.69, 9.17) is 10.5 Å². The maximum atomic E-state index is 5.75. The number of hydrogen-bond donors (Lipinski definition) is 2. The molecule has 0 aliphatic carbocycles. The minimum Gasteiger partial charge on any atom is -0.398 e. The highest BCUT2D eigenvalue weighted by Gasteiger charge is 2.12. The van der Waals surface area contributed by atoms with Crippen molar-refractivity contribution >= 4 is 21.6 Å². The topological polar surface area (TPSA) is 47.3 Å². The van der Waals surface area contributed by atoms with Crippen molar-refractivity contribution in [1.29, 1.82) is 0 Å². The highest BCUT2D eigenvalue weighted by molar-refractivity contribution is 9.10. The minimum atomic E-state index is 0.390. The molecule has 0 amide bonds. The SMILES string of the molecule is Nc1ccc(CNCC2CCCCO2)cc1Br. The van der Waals surface area contributed by atoms with Crippen LogP contribution >= 0.6 is 15.9 Å².